The highest BCUT2D eigenvalue weighted by Gasteiger charge is 1.59. The third-order valence-electron chi connectivity index (χ3n) is 0.0845. The van der Waals surface area contributed by atoms with Gasteiger partial charge in [0.15, 0.2) is 0 Å². The zero-order valence-electron chi connectivity index (χ0n) is 2.24. The largest absolute Gasteiger partial charge is 0.178 e. The molecule has 0 aliphatic carbocycles. The molecular weight excluding hydrogens is 104 g/mol. The Kier molecular flexibility index (Phi) is 16.2. The van der Waals surface area contributed by atoms with E-state index < -0.39 is 0 Å². The summed E-state index contributed by atoms with van der Waals surface area (Å²) >= 11 is 8.90. The molecule has 2 heteroatoms. The average molecular weight is 113 g/mol. The van der Waals surface area contributed by atoms with E-state index in [0.717, 1.165) is 5.75 Å². The molecule has 0 aromatic carbocycles. The average Bonchev–Trinajstić information content (AvgIpc) is 1.37. The SMILES string of the molecule is C.SCCCl. The zero-order chi connectivity index (χ0) is 3.41. The van der Waals surface area contributed by atoms with Crippen LogP contribution in [-0.4, -0.2) is 11.6 Å². The van der Waals surface area contributed by atoms with Crippen LogP contribution >= 0.6 is 24.2 Å². The van der Waals surface area contributed by atoms with Crippen LogP contribution in [0.5, 0.6) is 0 Å². The van der Waals surface area contributed by atoms with Crippen LogP contribution in [0.3, 0.4) is 0 Å². The van der Waals surface area contributed by atoms with Crippen LogP contribution in [0, 0.1) is 0 Å². The zero-order valence-corrected chi connectivity index (χ0v) is 3.89. The van der Waals surface area contributed by atoms with Crippen molar-refractivity contribution in [3.63, 3.8) is 0 Å². The highest BCUT2D eigenvalue weighted by molar-refractivity contribution is 7.80. The second-order valence-corrected chi connectivity index (χ2v) is 1.24. The first-order valence-electron chi connectivity index (χ1n) is 1.08. The van der Waals surface area contributed by atoms with Gasteiger partial charge in [0.2, 0.25) is 0 Å². The highest BCUT2D eigenvalue weighted by atomic mass is 35.5. The van der Waals surface area contributed by atoms with E-state index in [1.807, 2.05) is 0 Å². The Morgan fingerprint density at radius 2 is 1.80 bits per heavy atom. The van der Waals surface area contributed by atoms with Crippen molar-refractivity contribution < 1.29 is 0 Å². The normalized spacial score (nSPS) is 6.00. The third kappa shape index (κ3) is 12.0. The topological polar surface area (TPSA) is 0 Å². The molecule has 0 fully saturated rings. The molecule has 0 atom stereocenters. The second kappa shape index (κ2) is 8.82. The van der Waals surface area contributed by atoms with Crippen molar-refractivity contribution in [2.75, 3.05) is 11.6 Å². The van der Waals surface area contributed by atoms with Gasteiger partial charge in [0, 0.05) is 11.6 Å². The number of alkyl halides is 1. The Morgan fingerprint density at radius 3 is 1.80 bits per heavy atom. The van der Waals surface area contributed by atoms with Gasteiger partial charge in [0.05, 0.1) is 0 Å². The molecule has 0 bridgehead atoms. The van der Waals surface area contributed by atoms with Gasteiger partial charge in [0.1, 0.15) is 0 Å². The summed E-state index contributed by atoms with van der Waals surface area (Å²) in [6.07, 6.45) is 0. The van der Waals surface area contributed by atoms with E-state index >= 15 is 0 Å². The van der Waals surface area contributed by atoms with Crippen molar-refractivity contribution >= 4 is 24.2 Å². The third-order valence-corrected chi connectivity index (χ3v) is 0.761. The second-order valence-electron chi connectivity index (χ2n) is 0.413. The van der Waals surface area contributed by atoms with Gasteiger partial charge in [-0.05, 0) is 0 Å². The lowest BCUT2D eigenvalue weighted by molar-refractivity contribution is 1.55. The smallest absolute Gasteiger partial charge is 0.0311 e. The molecule has 0 aliphatic heterocycles. The fourth-order valence-corrected chi connectivity index (χ4v) is 0. The molecule has 0 unspecified atom stereocenters. The van der Waals surface area contributed by atoms with Gasteiger partial charge >= 0.3 is 0 Å². The van der Waals surface area contributed by atoms with E-state index in [0.29, 0.717) is 5.88 Å². The van der Waals surface area contributed by atoms with Crippen molar-refractivity contribution in [3.8, 4) is 0 Å². The Hall–Kier alpha value is 0.640. The summed E-state index contributed by atoms with van der Waals surface area (Å²) in [5.41, 5.74) is 0. The van der Waals surface area contributed by atoms with Crippen LogP contribution in [0.25, 0.3) is 0 Å². The maximum atomic E-state index is 5.11. The summed E-state index contributed by atoms with van der Waals surface area (Å²) in [7, 11) is 0. The van der Waals surface area contributed by atoms with Gasteiger partial charge in [-0.3, -0.25) is 0 Å². The predicted octanol–water partition coefficient (Wildman–Crippen LogP) is 1.79. The summed E-state index contributed by atoms with van der Waals surface area (Å²) in [5.74, 6) is 1.44. The van der Waals surface area contributed by atoms with E-state index in [2.05, 4.69) is 12.6 Å². The lowest BCUT2D eigenvalue weighted by atomic mass is 11.0. The monoisotopic (exact) mass is 112 g/mol. The number of hydrogen-bond donors (Lipinski definition) is 1. The molecule has 0 aromatic heterocycles. The highest BCUT2D eigenvalue weighted by Crippen LogP contribution is 1.74. The Morgan fingerprint density at radius 1 is 1.60 bits per heavy atom. The first-order chi connectivity index (χ1) is 1.91. The first-order valence-corrected chi connectivity index (χ1v) is 2.25. The van der Waals surface area contributed by atoms with Crippen molar-refractivity contribution in [1.82, 2.24) is 0 Å². The lowest BCUT2D eigenvalue weighted by Gasteiger charge is -1.65. The van der Waals surface area contributed by atoms with E-state index in [9.17, 15) is 0 Å². The van der Waals surface area contributed by atoms with Crippen LogP contribution in [-0.2, 0) is 0 Å². The van der Waals surface area contributed by atoms with E-state index in [-0.39, 0.29) is 7.43 Å². The molecule has 0 saturated heterocycles. The summed E-state index contributed by atoms with van der Waals surface area (Å²) in [4.78, 5) is 0. The first kappa shape index (κ1) is 9.16. The fourth-order valence-electron chi connectivity index (χ4n) is 0. The minimum Gasteiger partial charge on any atom is -0.178 e. The fraction of sp³-hybridized carbons (Fsp3) is 1.00. The van der Waals surface area contributed by atoms with Crippen molar-refractivity contribution in [3.05, 3.63) is 0 Å². The van der Waals surface area contributed by atoms with Gasteiger partial charge in [-0.2, -0.15) is 12.6 Å². The summed E-state index contributed by atoms with van der Waals surface area (Å²) < 4.78 is 0. The molecular formula is C3H9ClS. The van der Waals surface area contributed by atoms with Crippen LogP contribution in [0.2, 0.25) is 0 Å². The summed E-state index contributed by atoms with van der Waals surface area (Å²) in [6.45, 7) is 0. The molecule has 0 nitrogen and oxygen atoms in total. The van der Waals surface area contributed by atoms with Gasteiger partial charge in [-0.15, -0.1) is 11.6 Å². The van der Waals surface area contributed by atoms with Crippen LogP contribution in [0.4, 0.5) is 0 Å². The number of halogens is 1. The van der Waals surface area contributed by atoms with Crippen molar-refractivity contribution in [1.29, 1.82) is 0 Å². The summed E-state index contributed by atoms with van der Waals surface area (Å²) in [5, 5.41) is 0. The van der Waals surface area contributed by atoms with Gasteiger partial charge < -0.3 is 0 Å². The van der Waals surface area contributed by atoms with Gasteiger partial charge in [-0.1, -0.05) is 7.43 Å². The molecule has 0 saturated carbocycles. The minimum absolute atomic E-state index is 0. The Labute approximate surface area is 43.9 Å². The number of rotatable bonds is 1. The molecule has 0 N–H and O–H groups in total. The molecule has 0 radical (unpaired) electrons. The van der Waals surface area contributed by atoms with E-state index in [1.165, 1.54) is 0 Å². The van der Waals surface area contributed by atoms with Gasteiger partial charge in [-0.25, -0.2) is 0 Å². The standard InChI is InChI=1S/C2H5ClS.CH4/c3-1-2-4;/h4H,1-2H2;1H4. The predicted molar refractivity (Wildman–Crippen MR) is 31.3 cm³/mol. The van der Waals surface area contributed by atoms with Crippen LogP contribution < -0.4 is 0 Å². The molecule has 0 heterocycles. The van der Waals surface area contributed by atoms with Crippen molar-refractivity contribution in [2.24, 2.45) is 0 Å². The molecule has 0 amide bonds. The molecule has 5 heavy (non-hydrogen) atoms. The lowest BCUT2D eigenvalue weighted by Crippen LogP contribution is -1.64. The molecule has 0 spiro atoms. The molecule has 0 aromatic rings. The van der Waals surface area contributed by atoms with E-state index in [4.69, 9.17) is 11.6 Å². The summed E-state index contributed by atoms with van der Waals surface area (Å²) in [6, 6.07) is 0. The molecule has 34 valence electrons. The molecule has 0 aliphatic rings. The van der Waals surface area contributed by atoms with Crippen LogP contribution in [0.15, 0.2) is 0 Å². The van der Waals surface area contributed by atoms with Gasteiger partial charge in [0.25, 0.3) is 0 Å². The minimum atomic E-state index is 0. The maximum absolute atomic E-state index is 5.11. The van der Waals surface area contributed by atoms with E-state index in [1.54, 1.807) is 0 Å². The number of hydrogen-bond acceptors (Lipinski definition) is 1. The Balaban J connectivity index is 0. The Bertz CT molecular complexity index is 8.85. The molecule has 0 rings (SSSR count). The number of thiol groups is 1. The van der Waals surface area contributed by atoms with Crippen molar-refractivity contribution in [2.45, 2.75) is 7.43 Å². The van der Waals surface area contributed by atoms with Crippen LogP contribution in [0.1, 0.15) is 7.43 Å². The maximum Gasteiger partial charge on any atom is 0.0311 e. The quantitative estimate of drug-likeness (QED) is 0.388.